The van der Waals surface area contributed by atoms with Crippen LogP contribution in [-0.4, -0.2) is 40.5 Å². The van der Waals surface area contributed by atoms with Crippen LogP contribution in [0.5, 0.6) is 0 Å². The van der Waals surface area contributed by atoms with Gasteiger partial charge in [-0.15, -0.1) is 0 Å². The van der Waals surface area contributed by atoms with Gasteiger partial charge in [0.2, 0.25) is 0 Å². The largest absolute Gasteiger partial charge is 0.380 e. The summed E-state index contributed by atoms with van der Waals surface area (Å²) in [5, 5.41) is 0. The molecule has 4 heteroatoms. The van der Waals surface area contributed by atoms with Crippen LogP contribution in [0, 0.1) is 5.41 Å². The molecule has 3 unspecified atom stereocenters. The number of hydrogen-bond acceptors (Lipinski definition) is 2. The number of ether oxygens (including phenoxy) is 2. The molecule has 0 aromatic rings. The summed E-state index contributed by atoms with van der Waals surface area (Å²) in [5.74, 6) is -0.178. The number of hydrogen-bond donors (Lipinski definition) is 0. The lowest BCUT2D eigenvalue weighted by molar-refractivity contribution is -0.0920. The van der Waals surface area contributed by atoms with Crippen molar-refractivity contribution in [1.82, 2.24) is 0 Å². The fraction of sp³-hybridized carbons (Fsp3) is 1.00. The van der Waals surface area contributed by atoms with Gasteiger partial charge in [-0.05, 0) is 17.7 Å². The van der Waals surface area contributed by atoms with Crippen molar-refractivity contribution in [1.29, 1.82) is 0 Å². The fourth-order valence-electron chi connectivity index (χ4n) is 2.67. The zero-order valence-electron chi connectivity index (χ0n) is 10.4. The van der Waals surface area contributed by atoms with Crippen molar-refractivity contribution >= 4 is 15.7 Å². The molecule has 82 valence electrons. The van der Waals surface area contributed by atoms with Crippen LogP contribution in [0.3, 0.4) is 0 Å². The minimum absolute atomic E-state index is 0.0495. The Bertz CT molecular complexity index is 227. The molecule has 4 radical (unpaired) electrons. The second-order valence-corrected chi connectivity index (χ2v) is 5.30. The molecule has 0 aliphatic carbocycles. The Morgan fingerprint density at radius 1 is 1.33 bits per heavy atom. The van der Waals surface area contributed by atoms with Gasteiger partial charge in [0, 0.05) is 13.1 Å². The zero-order chi connectivity index (χ0) is 11.9. The normalized spacial score (nSPS) is 42.1. The van der Waals surface area contributed by atoms with Gasteiger partial charge in [-0.3, -0.25) is 0 Å². The molecule has 0 spiro atoms. The summed E-state index contributed by atoms with van der Waals surface area (Å²) in [4.78, 5) is 0. The van der Waals surface area contributed by atoms with E-state index in [9.17, 15) is 0 Å². The van der Waals surface area contributed by atoms with Crippen molar-refractivity contribution in [3.05, 3.63) is 0 Å². The van der Waals surface area contributed by atoms with Crippen LogP contribution in [0.1, 0.15) is 34.1 Å². The smallest absolute Gasteiger partial charge is 0.112 e. The summed E-state index contributed by atoms with van der Waals surface area (Å²) < 4.78 is 11.2. The van der Waals surface area contributed by atoms with E-state index in [0.717, 1.165) is 6.42 Å². The molecule has 1 aliphatic rings. The minimum Gasteiger partial charge on any atom is -0.380 e. The number of methoxy groups -OCH3 is 1. The molecule has 1 fully saturated rings. The second-order valence-electron chi connectivity index (χ2n) is 5.30. The Balaban J connectivity index is 3.04. The van der Waals surface area contributed by atoms with E-state index in [1.54, 1.807) is 7.11 Å². The molecule has 0 saturated carbocycles. The summed E-state index contributed by atoms with van der Waals surface area (Å²) >= 11 is 0. The van der Waals surface area contributed by atoms with Crippen molar-refractivity contribution in [2.75, 3.05) is 7.11 Å². The molecule has 4 atom stereocenters. The summed E-state index contributed by atoms with van der Waals surface area (Å²) in [6, 6.07) is -0.427. The van der Waals surface area contributed by atoms with Crippen molar-refractivity contribution < 1.29 is 9.47 Å². The third kappa shape index (κ3) is 1.87. The van der Waals surface area contributed by atoms with Gasteiger partial charge in [0.05, 0.1) is 19.6 Å². The van der Waals surface area contributed by atoms with E-state index in [4.69, 9.17) is 25.2 Å². The Morgan fingerprint density at radius 2 is 1.87 bits per heavy atom. The maximum absolute atomic E-state index is 6.23. The van der Waals surface area contributed by atoms with E-state index >= 15 is 0 Å². The van der Waals surface area contributed by atoms with Crippen LogP contribution < -0.4 is 0 Å². The molecule has 0 aromatic heterocycles. The summed E-state index contributed by atoms with van der Waals surface area (Å²) in [6.07, 6.45) is 0.620. The Labute approximate surface area is 95.9 Å². The monoisotopic (exact) mass is 206 g/mol. The molecule has 2 nitrogen and oxygen atoms in total. The van der Waals surface area contributed by atoms with E-state index < -0.39 is 11.6 Å². The van der Waals surface area contributed by atoms with Crippen LogP contribution in [-0.2, 0) is 9.47 Å². The molecule has 15 heavy (non-hydrogen) atoms. The van der Waals surface area contributed by atoms with Gasteiger partial charge in [0.1, 0.15) is 7.85 Å². The van der Waals surface area contributed by atoms with Gasteiger partial charge < -0.3 is 9.47 Å². The van der Waals surface area contributed by atoms with Crippen molar-refractivity contribution in [3.63, 3.8) is 0 Å². The molecule has 0 bridgehead atoms. The standard InChI is InChI=1S/C11H20B2O2/c1-6-11(10(2,3)4)8(12)7(14-5)9(13)15-11/h7-9H,6H2,1-5H3/t7?,8-,9?,11?/m1/s1. The highest BCUT2D eigenvalue weighted by atomic mass is 16.6. The van der Waals surface area contributed by atoms with Crippen molar-refractivity contribution in [2.24, 2.45) is 5.41 Å². The maximum Gasteiger partial charge on any atom is 0.112 e. The van der Waals surface area contributed by atoms with Gasteiger partial charge in [0.25, 0.3) is 0 Å². The summed E-state index contributed by atoms with van der Waals surface area (Å²) in [6.45, 7) is 8.46. The first kappa shape index (κ1) is 13.1. The van der Waals surface area contributed by atoms with E-state index in [1.807, 2.05) is 0 Å². The Hall–Kier alpha value is 0.0499. The van der Waals surface area contributed by atoms with E-state index in [-0.39, 0.29) is 17.3 Å². The molecular weight excluding hydrogens is 186 g/mol. The lowest BCUT2D eigenvalue weighted by atomic mass is 9.59. The fourth-order valence-corrected chi connectivity index (χ4v) is 2.67. The van der Waals surface area contributed by atoms with Crippen LogP contribution >= 0.6 is 0 Å². The topological polar surface area (TPSA) is 18.5 Å². The highest BCUT2D eigenvalue weighted by Crippen LogP contribution is 2.51. The average molecular weight is 206 g/mol. The van der Waals surface area contributed by atoms with Gasteiger partial charge >= 0.3 is 0 Å². The summed E-state index contributed by atoms with van der Waals surface area (Å²) in [5.41, 5.74) is -0.445. The average Bonchev–Trinajstić information content (AvgIpc) is 2.37. The molecule has 0 N–H and O–H groups in total. The number of rotatable bonds is 2. The predicted molar refractivity (Wildman–Crippen MR) is 63.4 cm³/mol. The van der Waals surface area contributed by atoms with Crippen LogP contribution in [0.15, 0.2) is 0 Å². The third-order valence-corrected chi connectivity index (χ3v) is 3.63. The maximum atomic E-state index is 6.23. The predicted octanol–water partition coefficient (Wildman–Crippen LogP) is 1.68. The van der Waals surface area contributed by atoms with E-state index in [0.29, 0.717) is 0 Å². The summed E-state index contributed by atoms with van der Waals surface area (Å²) in [7, 11) is 13.8. The first-order valence-electron chi connectivity index (χ1n) is 5.52. The second kappa shape index (κ2) is 4.14. The quantitative estimate of drug-likeness (QED) is 0.639. The lowest BCUT2D eigenvalue weighted by Crippen LogP contribution is -2.46. The van der Waals surface area contributed by atoms with E-state index in [2.05, 4.69) is 27.7 Å². The van der Waals surface area contributed by atoms with Gasteiger partial charge in [-0.1, -0.05) is 27.7 Å². The first-order chi connectivity index (χ1) is 6.80. The molecule has 1 saturated heterocycles. The molecule has 0 aromatic carbocycles. The zero-order valence-corrected chi connectivity index (χ0v) is 10.4. The van der Waals surface area contributed by atoms with Crippen molar-refractivity contribution in [3.8, 4) is 0 Å². The minimum atomic E-state index is -0.427. The van der Waals surface area contributed by atoms with Crippen LogP contribution in [0.4, 0.5) is 0 Å². The molecule has 1 heterocycles. The Kier molecular flexibility index (Phi) is 3.62. The first-order valence-corrected chi connectivity index (χ1v) is 5.52. The van der Waals surface area contributed by atoms with Gasteiger partial charge in [0.15, 0.2) is 0 Å². The lowest BCUT2D eigenvalue weighted by Gasteiger charge is -2.44. The highest BCUT2D eigenvalue weighted by molar-refractivity contribution is 6.17. The molecule has 1 aliphatic heterocycles. The SMILES string of the molecule is [B]C1OC(CC)(C(C)(C)C)[C@H]([B])C1OC. The van der Waals surface area contributed by atoms with E-state index in [1.165, 1.54) is 0 Å². The molecule has 1 rings (SSSR count). The van der Waals surface area contributed by atoms with Gasteiger partial charge in [-0.2, -0.15) is 0 Å². The third-order valence-electron chi connectivity index (χ3n) is 3.63. The van der Waals surface area contributed by atoms with Gasteiger partial charge in [-0.25, -0.2) is 0 Å². The highest BCUT2D eigenvalue weighted by Gasteiger charge is 2.55. The molecular formula is C11H20B2O2. The van der Waals surface area contributed by atoms with Crippen LogP contribution in [0.25, 0.3) is 0 Å². The van der Waals surface area contributed by atoms with Crippen LogP contribution in [0.2, 0.25) is 5.82 Å². The molecule has 0 amide bonds. The van der Waals surface area contributed by atoms with Crippen molar-refractivity contribution in [2.45, 2.75) is 57.6 Å². The Morgan fingerprint density at radius 3 is 2.07 bits per heavy atom.